The average molecular weight is 318 g/mol. The normalized spacial score (nSPS) is 17.8. The molecular weight excluding hydrogens is 305 g/mol. The van der Waals surface area contributed by atoms with Crippen molar-refractivity contribution in [1.82, 2.24) is 15.5 Å². The molecule has 0 unspecified atom stereocenters. The van der Waals surface area contributed by atoms with E-state index in [1.54, 1.807) is 30.0 Å². The Morgan fingerprint density at radius 3 is 3.05 bits per heavy atom. The van der Waals surface area contributed by atoms with Crippen LogP contribution >= 0.6 is 24.2 Å². The highest BCUT2D eigenvalue weighted by Crippen LogP contribution is 2.23. The molecule has 3 rings (SSSR count). The highest BCUT2D eigenvalue weighted by molar-refractivity contribution is 7.99. The fraction of sp³-hybridized carbons (Fsp3) is 0.333. The topological polar surface area (TPSA) is 60.2 Å². The zero-order valence-electron chi connectivity index (χ0n) is 10.4. The van der Waals surface area contributed by atoms with Crippen molar-refractivity contribution in [2.24, 2.45) is 0 Å². The van der Waals surface area contributed by atoms with Crippen LogP contribution in [0.5, 0.6) is 5.75 Å². The van der Waals surface area contributed by atoms with Gasteiger partial charge in [0.05, 0.1) is 6.04 Å². The summed E-state index contributed by atoms with van der Waals surface area (Å²) < 4.78 is 23.8. The average Bonchev–Trinajstić information content (AvgIpc) is 3.09. The Bertz CT molecular complexity index is 563. The molecule has 1 aromatic carbocycles. The van der Waals surface area contributed by atoms with Crippen LogP contribution in [0, 0.1) is 5.82 Å². The molecule has 1 fully saturated rings. The minimum absolute atomic E-state index is 0. The van der Waals surface area contributed by atoms with Crippen LogP contribution in [0.2, 0.25) is 0 Å². The molecule has 0 bridgehead atoms. The van der Waals surface area contributed by atoms with Gasteiger partial charge in [-0.3, -0.25) is 5.32 Å². The third-order valence-electron chi connectivity index (χ3n) is 2.69. The molecule has 1 saturated heterocycles. The van der Waals surface area contributed by atoms with Crippen molar-refractivity contribution in [3.8, 4) is 5.75 Å². The van der Waals surface area contributed by atoms with E-state index in [1.807, 2.05) is 0 Å². The molecule has 0 saturated carbocycles. The highest BCUT2D eigenvalue weighted by atomic mass is 35.5. The van der Waals surface area contributed by atoms with Crippen LogP contribution in [-0.4, -0.2) is 21.8 Å². The Hall–Kier alpha value is -1.31. The first-order valence-electron chi connectivity index (χ1n) is 5.84. The summed E-state index contributed by atoms with van der Waals surface area (Å²) in [4.78, 5) is 4.24. The molecule has 1 aliphatic heterocycles. The maximum Gasteiger partial charge on any atom is 0.244 e. The number of nitrogens with one attached hydrogen (secondary N) is 1. The summed E-state index contributed by atoms with van der Waals surface area (Å²) in [6, 6.07) is 6.32. The molecule has 5 nitrogen and oxygen atoms in total. The molecule has 8 heteroatoms. The van der Waals surface area contributed by atoms with E-state index in [0.717, 1.165) is 11.6 Å². The van der Waals surface area contributed by atoms with Gasteiger partial charge in [-0.1, -0.05) is 17.3 Å². The SMILES string of the molecule is Cl.Fc1ccccc1OCc1noc([C@H]2CSCN2)n1. The Balaban J connectivity index is 0.00000147. The zero-order valence-corrected chi connectivity index (χ0v) is 12.0. The summed E-state index contributed by atoms with van der Waals surface area (Å²) in [6.07, 6.45) is 0. The summed E-state index contributed by atoms with van der Waals surface area (Å²) in [5.74, 6) is 2.54. The summed E-state index contributed by atoms with van der Waals surface area (Å²) in [7, 11) is 0. The van der Waals surface area contributed by atoms with E-state index in [4.69, 9.17) is 9.26 Å². The van der Waals surface area contributed by atoms with Crippen molar-refractivity contribution in [1.29, 1.82) is 0 Å². The maximum absolute atomic E-state index is 13.3. The standard InChI is InChI=1S/C12H12FN3O2S.ClH/c13-8-3-1-2-4-10(8)17-5-11-15-12(18-16-11)9-6-19-7-14-9;/h1-4,9,14H,5-7H2;1H/t9-;/m1./s1. The van der Waals surface area contributed by atoms with Gasteiger partial charge in [0, 0.05) is 11.6 Å². The van der Waals surface area contributed by atoms with E-state index in [2.05, 4.69) is 15.5 Å². The third-order valence-corrected chi connectivity index (χ3v) is 3.63. The molecule has 0 spiro atoms. The van der Waals surface area contributed by atoms with Gasteiger partial charge in [0.2, 0.25) is 11.7 Å². The van der Waals surface area contributed by atoms with Crippen LogP contribution in [0.15, 0.2) is 28.8 Å². The van der Waals surface area contributed by atoms with Gasteiger partial charge in [-0.15, -0.1) is 24.2 Å². The molecule has 1 N–H and O–H groups in total. The highest BCUT2D eigenvalue weighted by Gasteiger charge is 2.22. The first-order chi connectivity index (χ1) is 9.33. The number of aromatic nitrogens is 2. The van der Waals surface area contributed by atoms with Gasteiger partial charge in [0.1, 0.15) is 0 Å². The van der Waals surface area contributed by atoms with E-state index < -0.39 is 5.82 Å². The lowest BCUT2D eigenvalue weighted by Gasteiger charge is -2.03. The van der Waals surface area contributed by atoms with Crippen LogP contribution in [0.25, 0.3) is 0 Å². The molecule has 1 aliphatic rings. The molecule has 0 radical (unpaired) electrons. The third kappa shape index (κ3) is 3.41. The van der Waals surface area contributed by atoms with Crippen LogP contribution in [0.3, 0.4) is 0 Å². The number of rotatable bonds is 4. The fourth-order valence-corrected chi connectivity index (χ4v) is 2.66. The molecule has 1 aromatic heterocycles. The Kier molecular flexibility index (Phi) is 5.22. The molecule has 0 aliphatic carbocycles. The van der Waals surface area contributed by atoms with Crippen LogP contribution in [0.1, 0.15) is 17.8 Å². The first kappa shape index (κ1) is 15.1. The monoisotopic (exact) mass is 317 g/mol. The smallest absolute Gasteiger partial charge is 0.244 e. The number of para-hydroxylation sites is 1. The minimum Gasteiger partial charge on any atom is -0.482 e. The van der Waals surface area contributed by atoms with Gasteiger partial charge in [-0.05, 0) is 12.1 Å². The van der Waals surface area contributed by atoms with E-state index in [0.29, 0.717) is 11.7 Å². The van der Waals surface area contributed by atoms with E-state index in [-0.39, 0.29) is 30.8 Å². The molecule has 0 amide bonds. The van der Waals surface area contributed by atoms with Crippen molar-refractivity contribution in [2.45, 2.75) is 12.6 Å². The van der Waals surface area contributed by atoms with Gasteiger partial charge in [-0.25, -0.2) is 4.39 Å². The molecule has 20 heavy (non-hydrogen) atoms. The Morgan fingerprint density at radius 1 is 1.45 bits per heavy atom. The van der Waals surface area contributed by atoms with E-state index in [9.17, 15) is 4.39 Å². The second kappa shape index (κ2) is 6.92. The number of benzene rings is 1. The quantitative estimate of drug-likeness (QED) is 0.935. The lowest BCUT2D eigenvalue weighted by molar-refractivity contribution is 0.271. The lowest BCUT2D eigenvalue weighted by Crippen LogP contribution is -2.14. The summed E-state index contributed by atoms with van der Waals surface area (Å²) >= 11 is 1.78. The van der Waals surface area contributed by atoms with E-state index in [1.165, 1.54) is 6.07 Å². The minimum atomic E-state index is -0.403. The van der Waals surface area contributed by atoms with Crippen LogP contribution in [0.4, 0.5) is 4.39 Å². The Labute approximate surface area is 125 Å². The van der Waals surface area contributed by atoms with Crippen LogP contribution < -0.4 is 10.1 Å². The predicted molar refractivity (Wildman–Crippen MR) is 75.5 cm³/mol. The van der Waals surface area contributed by atoms with Crippen molar-refractivity contribution in [2.75, 3.05) is 11.6 Å². The summed E-state index contributed by atoms with van der Waals surface area (Å²) in [5, 5.41) is 7.06. The number of ether oxygens (including phenoxy) is 1. The molecule has 2 heterocycles. The Morgan fingerprint density at radius 2 is 2.30 bits per heavy atom. The van der Waals surface area contributed by atoms with Gasteiger partial charge in [0.15, 0.2) is 18.2 Å². The number of nitrogens with zero attached hydrogens (tertiary/aromatic N) is 2. The second-order valence-electron chi connectivity index (χ2n) is 4.04. The lowest BCUT2D eigenvalue weighted by atomic mass is 10.3. The molecular formula is C12H13ClFN3O2S. The van der Waals surface area contributed by atoms with Gasteiger partial charge >= 0.3 is 0 Å². The van der Waals surface area contributed by atoms with Crippen molar-refractivity contribution in [3.63, 3.8) is 0 Å². The second-order valence-corrected chi connectivity index (χ2v) is 5.07. The summed E-state index contributed by atoms with van der Waals surface area (Å²) in [6.45, 7) is 0.0876. The number of thioether (sulfide) groups is 1. The first-order valence-corrected chi connectivity index (χ1v) is 6.99. The van der Waals surface area contributed by atoms with Crippen LogP contribution in [-0.2, 0) is 6.61 Å². The maximum atomic E-state index is 13.3. The number of hydrogen-bond acceptors (Lipinski definition) is 6. The van der Waals surface area contributed by atoms with Gasteiger partial charge in [0.25, 0.3) is 0 Å². The number of hydrogen-bond donors (Lipinski definition) is 1. The van der Waals surface area contributed by atoms with Gasteiger partial charge < -0.3 is 9.26 Å². The predicted octanol–water partition coefficient (Wildman–Crippen LogP) is 2.54. The van der Waals surface area contributed by atoms with E-state index >= 15 is 0 Å². The van der Waals surface area contributed by atoms with Crippen molar-refractivity contribution >= 4 is 24.2 Å². The molecule has 1 atom stereocenters. The molecule has 2 aromatic rings. The molecule has 108 valence electrons. The van der Waals surface area contributed by atoms with Crippen molar-refractivity contribution in [3.05, 3.63) is 41.8 Å². The largest absolute Gasteiger partial charge is 0.482 e. The zero-order chi connectivity index (χ0) is 13.1. The fourth-order valence-electron chi connectivity index (χ4n) is 1.73. The van der Waals surface area contributed by atoms with Crippen molar-refractivity contribution < 1.29 is 13.7 Å². The number of halogens is 2. The summed E-state index contributed by atoms with van der Waals surface area (Å²) in [5.41, 5.74) is 0. The van der Waals surface area contributed by atoms with Gasteiger partial charge in [-0.2, -0.15) is 4.98 Å².